The Morgan fingerprint density at radius 1 is 0.467 bits per heavy atom. The molecule has 1 amide bonds. The molecule has 0 aromatic heterocycles. The van der Waals surface area contributed by atoms with E-state index in [1.165, 1.54) is 0 Å². The van der Waals surface area contributed by atoms with E-state index in [4.69, 9.17) is 0 Å². The van der Waals surface area contributed by atoms with Crippen molar-refractivity contribution >= 4 is 5.91 Å². The molecule has 0 aliphatic heterocycles. The average molecular weight is 643 g/mol. The molecule has 0 saturated heterocycles. The third-order valence-electron chi connectivity index (χ3n) is 7.39. The van der Waals surface area contributed by atoms with Gasteiger partial charge in [0.2, 0.25) is 5.91 Å². The first-order valence-electron chi connectivity index (χ1n) is 18.3. The fraction of sp³-hybridized carbons (Fsp3) is 0.972. The van der Waals surface area contributed by atoms with Crippen molar-refractivity contribution in [2.45, 2.75) is 159 Å². The third kappa shape index (κ3) is 28.0. The zero-order chi connectivity index (χ0) is 35.1. The first-order valence-corrected chi connectivity index (χ1v) is 18.3. The van der Waals surface area contributed by atoms with Crippen LogP contribution in [0, 0.1) is 11.8 Å². The van der Waals surface area contributed by atoms with Gasteiger partial charge in [-0.3, -0.25) is 9.69 Å². The van der Waals surface area contributed by atoms with Gasteiger partial charge in [0.15, 0.2) is 0 Å². The number of amides is 1. The van der Waals surface area contributed by atoms with Crippen LogP contribution < -0.4 is 31.9 Å². The summed E-state index contributed by atoms with van der Waals surface area (Å²) in [7, 11) is 0. The van der Waals surface area contributed by atoms with Gasteiger partial charge in [0, 0.05) is 101 Å². The van der Waals surface area contributed by atoms with E-state index in [1.807, 2.05) is 4.90 Å². The lowest BCUT2D eigenvalue weighted by Crippen LogP contribution is -2.54. The molecule has 272 valence electrons. The first-order chi connectivity index (χ1) is 20.9. The molecule has 6 N–H and O–H groups in total. The molecular formula is C36H82N8O. The second kappa shape index (κ2) is 27.2. The maximum atomic E-state index is 13.0. The lowest BCUT2D eigenvalue weighted by atomic mass is 10.0. The van der Waals surface area contributed by atoms with Crippen molar-refractivity contribution in [3.05, 3.63) is 0 Å². The van der Waals surface area contributed by atoms with E-state index in [1.54, 1.807) is 0 Å². The third-order valence-corrected chi connectivity index (χ3v) is 7.39. The summed E-state index contributed by atoms with van der Waals surface area (Å²) in [4.78, 5) is 17.6. The molecule has 0 aliphatic rings. The van der Waals surface area contributed by atoms with Crippen molar-refractivity contribution in [3.8, 4) is 0 Å². The summed E-state index contributed by atoms with van der Waals surface area (Å²) in [6.07, 6.45) is 0. The highest BCUT2D eigenvalue weighted by Gasteiger charge is 2.27. The normalized spacial score (nSPS) is 13.7. The van der Waals surface area contributed by atoms with Gasteiger partial charge >= 0.3 is 0 Å². The molecule has 0 bridgehead atoms. The topological polar surface area (TPSA) is 95.7 Å². The smallest absolute Gasteiger partial charge is 0.240 e. The summed E-state index contributed by atoms with van der Waals surface area (Å²) in [5, 5.41) is 21.0. The van der Waals surface area contributed by atoms with Crippen LogP contribution in [0.1, 0.15) is 111 Å². The van der Waals surface area contributed by atoms with Gasteiger partial charge in [-0.15, -0.1) is 0 Å². The van der Waals surface area contributed by atoms with Gasteiger partial charge < -0.3 is 36.8 Å². The van der Waals surface area contributed by atoms with E-state index in [-0.39, 0.29) is 17.9 Å². The Kier molecular flexibility index (Phi) is 28.0. The van der Waals surface area contributed by atoms with Gasteiger partial charge in [0.25, 0.3) is 0 Å². The van der Waals surface area contributed by atoms with Gasteiger partial charge in [-0.05, 0) is 11.8 Å². The minimum atomic E-state index is -0.118. The largest absolute Gasteiger partial charge is 0.339 e. The number of hydrogen-bond donors (Lipinski definition) is 6. The molecule has 9 nitrogen and oxygen atoms in total. The fourth-order valence-corrected chi connectivity index (χ4v) is 4.89. The Bertz CT molecular complexity index is 654. The van der Waals surface area contributed by atoms with Gasteiger partial charge in [-0.1, -0.05) is 111 Å². The SMILES string of the molecule is CC(C)NCCN(CCNC(C)C)C(=O)C(NC(C)C)C(C)C.CC(C)NCCN(CCNC(C)C)CC(NC(C)C)C(C)C. The zero-order valence-corrected chi connectivity index (χ0v) is 32.9. The summed E-state index contributed by atoms with van der Waals surface area (Å²) >= 11 is 0. The number of nitrogens with zero attached hydrogens (tertiary/aromatic N) is 2. The maximum absolute atomic E-state index is 13.0. The lowest BCUT2D eigenvalue weighted by molar-refractivity contribution is -0.134. The second-order valence-corrected chi connectivity index (χ2v) is 15.3. The summed E-state index contributed by atoms with van der Waals surface area (Å²) in [5.41, 5.74) is 0. The van der Waals surface area contributed by atoms with E-state index >= 15 is 0 Å². The molecule has 0 rings (SSSR count). The minimum absolute atomic E-state index is 0.118. The molecule has 0 radical (unpaired) electrons. The quantitative estimate of drug-likeness (QED) is 0.0886. The van der Waals surface area contributed by atoms with Gasteiger partial charge in [-0.2, -0.15) is 0 Å². The standard InChI is InChI=1S/C18H40N4O.C18H42N4/c1-13(2)17(21-16(7)8)18(23)22(11-9-19-14(3)4)12-10-20-15(5)6;1-14(2)18(21-17(7)8)13-22(11-9-19-15(3)4)12-10-20-16(5)6/h13-17,19-21H,9-12H2,1-8H3;14-21H,9-13H2,1-8H3. The van der Waals surface area contributed by atoms with E-state index in [0.29, 0.717) is 48.2 Å². The maximum Gasteiger partial charge on any atom is 0.240 e. The van der Waals surface area contributed by atoms with Crippen LogP contribution in [-0.4, -0.2) is 123 Å². The minimum Gasteiger partial charge on any atom is -0.339 e. The van der Waals surface area contributed by atoms with Crippen molar-refractivity contribution in [2.75, 3.05) is 58.9 Å². The zero-order valence-electron chi connectivity index (χ0n) is 32.9. The van der Waals surface area contributed by atoms with Crippen LogP contribution in [0.15, 0.2) is 0 Å². The molecule has 2 unspecified atom stereocenters. The van der Waals surface area contributed by atoms with Crippen molar-refractivity contribution in [1.82, 2.24) is 41.7 Å². The molecule has 0 spiro atoms. The highest BCUT2D eigenvalue weighted by molar-refractivity contribution is 5.82. The predicted molar refractivity (Wildman–Crippen MR) is 199 cm³/mol. The number of hydrogen-bond acceptors (Lipinski definition) is 8. The Hall–Kier alpha value is -0.810. The van der Waals surface area contributed by atoms with Crippen LogP contribution in [-0.2, 0) is 4.79 Å². The Balaban J connectivity index is 0. The molecule has 45 heavy (non-hydrogen) atoms. The Labute approximate surface area is 281 Å². The number of carbonyl (C=O) groups is 1. The molecule has 0 aromatic rings. The highest BCUT2D eigenvalue weighted by Crippen LogP contribution is 2.08. The van der Waals surface area contributed by atoms with Crippen LogP contribution in [0.4, 0.5) is 0 Å². The molecule has 0 aromatic carbocycles. The predicted octanol–water partition coefficient (Wildman–Crippen LogP) is 4.14. The summed E-state index contributed by atoms with van der Waals surface area (Å²) < 4.78 is 0. The van der Waals surface area contributed by atoms with Crippen LogP contribution in [0.5, 0.6) is 0 Å². The number of nitrogens with one attached hydrogen (secondary N) is 6. The monoisotopic (exact) mass is 643 g/mol. The average Bonchev–Trinajstić information content (AvgIpc) is 2.89. The number of rotatable bonds is 25. The fourth-order valence-electron chi connectivity index (χ4n) is 4.89. The van der Waals surface area contributed by atoms with Crippen molar-refractivity contribution in [2.24, 2.45) is 11.8 Å². The highest BCUT2D eigenvalue weighted by atomic mass is 16.2. The van der Waals surface area contributed by atoms with E-state index in [9.17, 15) is 4.79 Å². The summed E-state index contributed by atoms with van der Waals surface area (Å²) in [6, 6.07) is 3.28. The molecule has 0 aliphatic carbocycles. The lowest BCUT2D eigenvalue weighted by Gasteiger charge is -2.32. The van der Waals surface area contributed by atoms with Crippen LogP contribution in [0.25, 0.3) is 0 Å². The molecule has 0 fully saturated rings. The Morgan fingerprint density at radius 3 is 1.11 bits per heavy atom. The van der Waals surface area contributed by atoms with Crippen molar-refractivity contribution in [3.63, 3.8) is 0 Å². The van der Waals surface area contributed by atoms with E-state index in [2.05, 4.69) is 148 Å². The van der Waals surface area contributed by atoms with Crippen LogP contribution in [0.2, 0.25) is 0 Å². The van der Waals surface area contributed by atoms with E-state index < -0.39 is 0 Å². The van der Waals surface area contributed by atoms with Gasteiger partial charge in [0.05, 0.1) is 6.04 Å². The van der Waals surface area contributed by atoms with Gasteiger partial charge in [0.1, 0.15) is 0 Å². The van der Waals surface area contributed by atoms with Crippen molar-refractivity contribution < 1.29 is 4.79 Å². The molecular weight excluding hydrogens is 560 g/mol. The molecule has 2 atom stereocenters. The Morgan fingerprint density at radius 2 is 0.822 bits per heavy atom. The van der Waals surface area contributed by atoms with Gasteiger partial charge in [-0.25, -0.2) is 0 Å². The number of carbonyl (C=O) groups excluding carboxylic acids is 1. The second-order valence-electron chi connectivity index (χ2n) is 15.3. The molecule has 0 saturated carbocycles. The summed E-state index contributed by atoms with van der Waals surface area (Å²) in [6.45, 7) is 43.5. The van der Waals surface area contributed by atoms with Crippen LogP contribution >= 0.6 is 0 Å². The van der Waals surface area contributed by atoms with Crippen LogP contribution in [0.3, 0.4) is 0 Å². The first kappa shape index (κ1) is 46.3. The van der Waals surface area contributed by atoms with E-state index in [0.717, 1.165) is 58.9 Å². The molecule has 9 heteroatoms. The summed E-state index contributed by atoms with van der Waals surface area (Å²) in [5.74, 6) is 1.15. The van der Waals surface area contributed by atoms with Crippen molar-refractivity contribution in [1.29, 1.82) is 0 Å². The molecule has 0 heterocycles.